The molecule has 0 unspecified atom stereocenters. The number of aryl methyl sites for hydroxylation is 2. The first-order valence-corrected chi connectivity index (χ1v) is 9.35. The molecule has 0 saturated carbocycles. The standard InChI is InChI=1S/C22H19NO2S/c1-25-19-11-10-17-13-15(7-9-18(17)14-19)8-12-20-23-22(24)21(26-20)16-5-3-2-4-6-16/h2-7,9-11,13-14,24H,8,12H2,1H3. The highest BCUT2D eigenvalue weighted by molar-refractivity contribution is 7.15. The van der Waals surface area contributed by atoms with E-state index in [1.165, 1.54) is 16.3 Å². The van der Waals surface area contributed by atoms with Crippen molar-refractivity contribution < 1.29 is 9.84 Å². The fraction of sp³-hybridized carbons (Fsp3) is 0.136. The number of aromatic hydroxyl groups is 1. The van der Waals surface area contributed by atoms with Gasteiger partial charge in [0.15, 0.2) is 0 Å². The Morgan fingerprint density at radius 3 is 2.50 bits per heavy atom. The molecule has 1 heterocycles. The molecule has 0 aliphatic carbocycles. The summed E-state index contributed by atoms with van der Waals surface area (Å²) in [7, 11) is 1.68. The third kappa shape index (κ3) is 3.41. The third-order valence-electron chi connectivity index (χ3n) is 4.43. The van der Waals surface area contributed by atoms with E-state index in [-0.39, 0.29) is 5.88 Å². The number of hydrogen-bond donors (Lipinski definition) is 1. The Bertz CT molecular complexity index is 1040. The van der Waals surface area contributed by atoms with Gasteiger partial charge in [-0.2, -0.15) is 0 Å². The molecule has 4 heteroatoms. The van der Waals surface area contributed by atoms with E-state index < -0.39 is 0 Å². The predicted octanol–water partition coefficient (Wildman–Crippen LogP) is 5.46. The number of methoxy groups -OCH3 is 1. The minimum absolute atomic E-state index is 0.127. The number of aromatic nitrogens is 1. The van der Waals surface area contributed by atoms with Gasteiger partial charge in [0.2, 0.25) is 5.88 Å². The maximum Gasteiger partial charge on any atom is 0.230 e. The fourth-order valence-electron chi connectivity index (χ4n) is 3.05. The summed E-state index contributed by atoms with van der Waals surface area (Å²) >= 11 is 1.56. The van der Waals surface area contributed by atoms with Crippen molar-refractivity contribution >= 4 is 22.1 Å². The van der Waals surface area contributed by atoms with Gasteiger partial charge < -0.3 is 9.84 Å². The summed E-state index contributed by atoms with van der Waals surface area (Å²) < 4.78 is 5.28. The summed E-state index contributed by atoms with van der Waals surface area (Å²) in [5.41, 5.74) is 2.27. The van der Waals surface area contributed by atoms with Crippen molar-refractivity contribution in [3.05, 3.63) is 77.3 Å². The molecular formula is C22H19NO2S. The quantitative estimate of drug-likeness (QED) is 0.513. The highest BCUT2D eigenvalue weighted by atomic mass is 32.1. The van der Waals surface area contributed by atoms with Crippen LogP contribution in [0.4, 0.5) is 0 Å². The molecule has 0 spiro atoms. The van der Waals surface area contributed by atoms with E-state index in [1.54, 1.807) is 18.4 Å². The van der Waals surface area contributed by atoms with Crippen molar-refractivity contribution in [3.63, 3.8) is 0 Å². The first kappa shape index (κ1) is 16.6. The molecule has 4 rings (SSSR count). The van der Waals surface area contributed by atoms with Gasteiger partial charge in [-0.25, -0.2) is 4.98 Å². The molecule has 4 aromatic rings. The first-order chi connectivity index (χ1) is 12.7. The van der Waals surface area contributed by atoms with Gasteiger partial charge in [0, 0.05) is 6.42 Å². The zero-order valence-electron chi connectivity index (χ0n) is 14.5. The third-order valence-corrected chi connectivity index (χ3v) is 5.58. The minimum atomic E-state index is 0.127. The summed E-state index contributed by atoms with van der Waals surface area (Å²) in [4.78, 5) is 5.18. The lowest BCUT2D eigenvalue weighted by molar-refractivity contribution is 0.415. The molecule has 1 N–H and O–H groups in total. The lowest BCUT2D eigenvalue weighted by atomic mass is 10.0. The van der Waals surface area contributed by atoms with Crippen LogP contribution in [-0.2, 0) is 12.8 Å². The van der Waals surface area contributed by atoms with E-state index in [9.17, 15) is 5.11 Å². The van der Waals surface area contributed by atoms with E-state index in [0.29, 0.717) is 0 Å². The largest absolute Gasteiger partial charge is 0.497 e. The van der Waals surface area contributed by atoms with Crippen molar-refractivity contribution in [2.75, 3.05) is 7.11 Å². The second-order valence-electron chi connectivity index (χ2n) is 6.17. The lowest BCUT2D eigenvalue weighted by Gasteiger charge is -2.05. The SMILES string of the molecule is COc1ccc2cc(CCc3nc(O)c(-c4ccccc4)s3)ccc2c1. The van der Waals surface area contributed by atoms with Gasteiger partial charge in [0.1, 0.15) is 5.75 Å². The molecule has 0 fully saturated rings. The Morgan fingerprint density at radius 2 is 1.69 bits per heavy atom. The summed E-state index contributed by atoms with van der Waals surface area (Å²) in [6.45, 7) is 0. The molecule has 0 atom stereocenters. The molecule has 0 aliphatic rings. The number of thiazole rings is 1. The molecular weight excluding hydrogens is 342 g/mol. The molecule has 0 bridgehead atoms. The Balaban J connectivity index is 1.51. The second kappa shape index (κ2) is 7.18. The van der Waals surface area contributed by atoms with Gasteiger partial charge in [0.05, 0.1) is 17.0 Å². The maximum atomic E-state index is 10.2. The second-order valence-corrected chi connectivity index (χ2v) is 7.26. The maximum absolute atomic E-state index is 10.2. The van der Waals surface area contributed by atoms with Crippen molar-refractivity contribution in [3.8, 4) is 22.1 Å². The molecule has 0 radical (unpaired) electrons. The summed E-state index contributed by atoms with van der Waals surface area (Å²) in [6.07, 6.45) is 1.70. The average molecular weight is 361 g/mol. The van der Waals surface area contributed by atoms with Crippen molar-refractivity contribution in [1.29, 1.82) is 0 Å². The predicted molar refractivity (Wildman–Crippen MR) is 107 cm³/mol. The molecule has 0 aliphatic heterocycles. The van der Waals surface area contributed by atoms with Crippen LogP contribution in [0.2, 0.25) is 0 Å². The van der Waals surface area contributed by atoms with Crippen LogP contribution in [0.15, 0.2) is 66.7 Å². The van der Waals surface area contributed by atoms with Gasteiger partial charge in [-0.3, -0.25) is 0 Å². The molecule has 0 saturated heterocycles. The van der Waals surface area contributed by atoms with Gasteiger partial charge in [-0.1, -0.05) is 54.6 Å². The molecule has 3 nitrogen and oxygen atoms in total. The smallest absolute Gasteiger partial charge is 0.230 e. The lowest BCUT2D eigenvalue weighted by Crippen LogP contribution is -1.91. The monoisotopic (exact) mass is 361 g/mol. The molecule has 26 heavy (non-hydrogen) atoms. The first-order valence-electron chi connectivity index (χ1n) is 8.54. The summed E-state index contributed by atoms with van der Waals surface area (Å²) in [6, 6.07) is 22.5. The minimum Gasteiger partial charge on any atom is -0.497 e. The average Bonchev–Trinajstić information content (AvgIpc) is 3.07. The van der Waals surface area contributed by atoms with Crippen LogP contribution >= 0.6 is 11.3 Å². The number of nitrogens with zero attached hydrogens (tertiary/aromatic N) is 1. The van der Waals surface area contributed by atoms with Crippen LogP contribution in [0, 0.1) is 0 Å². The van der Waals surface area contributed by atoms with Gasteiger partial charge >= 0.3 is 0 Å². The van der Waals surface area contributed by atoms with Crippen LogP contribution in [0.3, 0.4) is 0 Å². The van der Waals surface area contributed by atoms with Crippen molar-refractivity contribution in [2.24, 2.45) is 0 Å². The molecule has 1 aromatic heterocycles. The van der Waals surface area contributed by atoms with E-state index in [1.807, 2.05) is 42.5 Å². The van der Waals surface area contributed by atoms with E-state index >= 15 is 0 Å². The van der Waals surface area contributed by atoms with Gasteiger partial charge in [-0.05, 0) is 40.5 Å². The van der Waals surface area contributed by atoms with Crippen LogP contribution in [0.5, 0.6) is 11.6 Å². The topological polar surface area (TPSA) is 42.4 Å². The number of benzene rings is 3. The number of rotatable bonds is 5. The Hall–Kier alpha value is -2.85. The molecule has 3 aromatic carbocycles. The van der Waals surface area contributed by atoms with Crippen LogP contribution in [0.25, 0.3) is 21.2 Å². The Labute approximate surface area is 156 Å². The number of hydrogen-bond acceptors (Lipinski definition) is 4. The van der Waals surface area contributed by atoms with E-state index in [4.69, 9.17) is 4.74 Å². The fourth-order valence-corrected chi connectivity index (χ4v) is 4.01. The highest BCUT2D eigenvalue weighted by Crippen LogP contribution is 2.35. The van der Waals surface area contributed by atoms with Gasteiger partial charge in [-0.15, -0.1) is 11.3 Å². The number of ether oxygens (including phenoxy) is 1. The normalized spacial score (nSPS) is 11.0. The van der Waals surface area contributed by atoms with Crippen LogP contribution in [0.1, 0.15) is 10.6 Å². The summed E-state index contributed by atoms with van der Waals surface area (Å²) in [5.74, 6) is 0.999. The van der Waals surface area contributed by atoms with Crippen LogP contribution in [-0.4, -0.2) is 17.2 Å². The van der Waals surface area contributed by atoms with Crippen LogP contribution < -0.4 is 4.74 Å². The zero-order valence-corrected chi connectivity index (χ0v) is 15.3. The van der Waals surface area contributed by atoms with E-state index in [0.717, 1.165) is 34.0 Å². The van der Waals surface area contributed by atoms with E-state index in [2.05, 4.69) is 29.2 Å². The Morgan fingerprint density at radius 1 is 0.923 bits per heavy atom. The van der Waals surface area contributed by atoms with Crippen molar-refractivity contribution in [2.45, 2.75) is 12.8 Å². The zero-order chi connectivity index (χ0) is 17.9. The molecule has 0 amide bonds. The summed E-state index contributed by atoms with van der Waals surface area (Å²) in [5, 5.41) is 13.5. The highest BCUT2D eigenvalue weighted by Gasteiger charge is 2.12. The molecule has 130 valence electrons. The number of fused-ring (bicyclic) bond motifs is 1. The van der Waals surface area contributed by atoms with Crippen molar-refractivity contribution in [1.82, 2.24) is 4.98 Å². The van der Waals surface area contributed by atoms with Gasteiger partial charge in [0.25, 0.3) is 0 Å². The Kier molecular flexibility index (Phi) is 4.59.